The third-order valence-corrected chi connectivity index (χ3v) is 2.86. The van der Waals surface area contributed by atoms with E-state index in [0.29, 0.717) is 3.57 Å². The van der Waals surface area contributed by atoms with Crippen LogP contribution in [0.15, 0.2) is 18.2 Å². The van der Waals surface area contributed by atoms with Gasteiger partial charge in [-0.05, 0) is 40.8 Å². The summed E-state index contributed by atoms with van der Waals surface area (Å²) in [5, 5.41) is 0. The summed E-state index contributed by atoms with van der Waals surface area (Å²) in [4.78, 5) is 11.3. The topological polar surface area (TPSA) is 17.1 Å². The van der Waals surface area contributed by atoms with Crippen molar-refractivity contribution in [2.24, 2.45) is 0 Å². The maximum atomic E-state index is 12.4. The van der Waals surface area contributed by atoms with Crippen LogP contribution < -0.4 is 0 Å². The number of benzene rings is 1. The Labute approximate surface area is 98.8 Å². The van der Waals surface area contributed by atoms with Crippen LogP contribution in [-0.4, -0.2) is 5.78 Å². The van der Waals surface area contributed by atoms with Gasteiger partial charge < -0.3 is 0 Å². The fourth-order valence-electron chi connectivity index (χ4n) is 1.11. The summed E-state index contributed by atoms with van der Waals surface area (Å²) in [6, 6.07) is 3.20. The van der Waals surface area contributed by atoms with Gasteiger partial charge in [-0.25, -0.2) is 0 Å². The van der Waals surface area contributed by atoms with Crippen molar-refractivity contribution < 1.29 is 18.0 Å². The minimum Gasteiger partial charge on any atom is -0.294 e. The number of carbonyl (C=O) groups excluding carboxylic acids is 1. The number of hydrogen-bond acceptors (Lipinski definition) is 1. The maximum Gasteiger partial charge on any atom is 0.416 e. The van der Waals surface area contributed by atoms with Crippen LogP contribution in [0.2, 0.25) is 0 Å². The van der Waals surface area contributed by atoms with Crippen LogP contribution in [0.4, 0.5) is 13.2 Å². The van der Waals surface area contributed by atoms with Crippen molar-refractivity contribution in [2.45, 2.75) is 19.5 Å². The van der Waals surface area contributed by atoms with Crippen LogP contribution in [0.25, 0.3) is 0 Å². The van der Waals surface area contributed by atoms with Gasteiger partial charge in [0.1, 0.15) is 0 Å². The van der Waals surface area contributed by atoms with Crippen LogP contribution in [0, 0.1) is 3.57 Å². The van der Waals surface area contributed by atoms with Gasteiger partial charge in [0.2, 0.25) is 0 Å². The van der Waals surface area contributed by atoms with Crippen molar-refractivity contribution in [1.29, 1.82) is 0 Å². The van der Waals surface area contributed by atoms with Gasteiger partial charge in [0.05, 0.1) is 5.56 Å². The molecule has 15 heavy (non-hydrogen) atoms. The van der Waals surface area contributed by atoms with Crippen molar-refractivity contribution in [2.75, 3.05) is 0 Å². The number of Topliss-reactive ketones (excluding diaryl/α,β-unsaturated/α-hetero) is 1. The third-order valence-electron chi connectivity index (χ3n) is 1.92. The van der Waals surface area contributed by atoms with Gasteiger partial charge in [0.25, 0.3) is 0 Å². The zero-order valence-corrected chi connectivity index (χ0v) is 10.0. The molecule has 0 aliphatic rings. The zero-order valence-electron chi connectivity index (χ0n) is 7.86. The summed E-state index contributed by atoms with van der Waals surface area (Å²) in [6.07, 6.45) is -4.19. The van der Waals surface area contributed by atoms with Crippen LogP contribution in [-0.2, 0) is 6.18 Å². The van der Waals surface area contributed by atoms with E-state index in [2.05, 4.69) is 0 Å². The number of ketones is 1. The molecule has 0 saturated carbocycles. The number of rotatable bonds is 2. The SMILES string of the molecule is CCC(=O)c1cc(C(F)(F)F)ccc1I. The molecule has 0 aliphatic carbocycles. The summed E-state index contributed by atoms with van der Waals surface area (Å²) >= 11 is 1.86. The van der Waals surface area contributed by atoms with Gasteiger partial charge in [-0.3, -0.25) is 4.79 Å². The Balaban J connectivity index is 3.23. The van der Waals surface area contributed by atoms with Crippen LogP contribution >= 0.6 is 22.6 Å². The minimum absolute atomic E-state index is 0.146. The molecular formula is C10H8F3IO. The van der Waals surface area contributed by atoms with E-state index in [4.69, 9.17) is 0 Å². The normalized spacial score (nSPS) is 11.5. The summed E-state index contributed by atoms with van der Waals surface area (Å²) < 4.78 is 37.6. The first kappa shape index (κ1) is 12.5. The first-order chi connectivity index (χ1) is 6.86. The van der Waals surface area contributed by atoms with E-state index in [9.17, 15) is 18.0 Å². The number of carbonyl (C=O) groups is 1. The molecule has 0 saturated heterocycles. The molecule has 0 amide bonds. The van der Waals surface area contributed by atoms with E-state index in [1.165, 1.54) is 6.07 Å². The van der Waals surface area contributed by atoms with Crippen LogP contribution in [0.3, 0.4) is 0 Å². The van der Waals surface area contributed by atoms with Gasteiger partial charge in [0, 0.05) is 15.6 Å². The summed E-state index contributed by atoms with van der Waals surface area (Å²) in [7, 11) is 0. The summed E-state index contributed by atoms with van der Waals surface area (Å²) in [5.41, 5.74) is -0.632. The molecule has 0 unspecified atom stereocenters. The Morgan fingerprint density at radius 1 is 1.40 bits per heavy atom. The summed E-state index contributed by atoms with van der Waals surface area (Å²) in [6.45, 7) is 1.62. The fourth-order valence-corrected chi connectivity index (χ4v) is 1.74. The smallest absolute Gasteiger partial charge is 0.294 e. The zero-order chi connectivity index (χ0) is 11.6. The lowest BCUT2D eigenvalue weighted by Gasteiger charge is -2.09. The summed E-state index contributed by atoms with van der Waals surface area (Å²) in [5.74, 6) is -0.273. The molecule has 0 atom stereocenters. The highest BCUT2D eigenvalue weighted by Gasteiger charge is 2.31. The second kappa shape index (κ2) is 4.51. The first-order valence-electron chi connectivity index (χ1n) is 4.26. The Kier molecular flexibility index (Phi) is 3.75. The van der Waals surface area contributed by atoms with E-state index < -0.39 is 11.7 Å². The molecule has 1 nitrogen and oxygen atoms in total. The molecule has 0 spiro atoms. The predicted octanol–water partition coefficient (Wildman–Crippen LogP) is 3.90. The molecular weight excluding hydrogens is 320 g/mol. The average Bonchev–Trinajstić information content (AvgIpc) is 2.15. The second-order valence-corrected chi connectivity index (χ2v) is 4.13. The largest absolute Gasteiger partial charge is 0.416 e. The standard InChI is InChI=1S/C10H8F3IO/c1-2-9(15)7-5-6(10(11,12)13)3-4-8(7)14/h3-5H,2H2,1H3. The Bertz CT molecular complexity index is 385. The molecule has 0 radical (unpaired) electrons. The molecule has 0 N–H and O–H groups in total. The highest BCUT2D eigenvalue weighted by molar-refractivity contribution is 14.1. The average molecular weight is 328 g/mol. The third kappa shape index (κ3) is 2.93. The Morgan fingerprint density at radius 2 is 2.00 bits per heavy atom. The number of halogens is 4. The highest BCUT2D eigenvalue weighted by atomic mass is 127. The van der Waals surface area contributed by atoms with Gasteiger partial charge in [0.15, 0.2) is 5.78 Å². The van der Waals surface area contributed by atoms with E-state index in [-0.39, 0.29) is 17.8 Å². The molecule has 0 aliphatic heterocycles. The van der Waals surface area contributed by atoms with E-state index in [1.54, 1.807) is 6.92 Å². The van der Waals surface area contributed by atoms with E-state index >= 15 is 0 Å². The van der Waals surface area contributed by atoms with Crippen molar-refractivity contribution >= 4 is 28.4 Å². The Hall–Kier alpha value is -0.590. The quantitative estimate of drug-likeness (QED) is 0.594. The lowest BCUT2D eigenvalue weighted by atomic mass is 10.1. The predicted molar refractivity (Wildman–Crippen MR) is 58.8 cm³/mol. The van der Waals surface area contributed by atoms with Gasteiger partial charge >= 0.3 is 6.18 Å². The lowest BCUT2D eigenvalue weighted by Crippen LogP contribution is -2.08. The maximum absolute atomic E-state index is 12.4. The van der Waals surface area contributed by atoms with Crippen LogP contribution in [0.5, 0.6) is 0 Å². The molecule has 0 aromatic heterocycles. The van der Waals surface area contributed by atoms with Crippen molar-refractivity contribution in [1.82, 2.24) is 0 Å². The Morgan fingerprint density at radius 3 is 2.47 bits per heavy atom. The number of hydrogen-bond donors (Lipinski definition) is 0. The van der Waals surface area contributed by atoms with E-state index in [1.807, 2.05) is 22.6 Å². The molecule has 0 fully saturated rings. The molecule has 1 rings (SSSR count). The molecule has 1 aromatic carbocycles. The number of alkyl halides is 3. The minimum atomic E-state index is -4.40. The van der Waals surface area contributed by atoms with Gasteiger partial charge in [-0.15, -0.1) is 0 Å². The fraction of sp³-hybridized carbons (Fsp3) is 0.300. The van der Waals surface area contributed by atoms with Crippen molar-refractivity contribution in [3.05, 3.63) is 32.9 Å². The monoisotopic (exact) mass is 328 g/mol. The second-order valence-electron chi connectivity index (χ2n) is 2.97. The van der Waals surface area contributed by atoms with Crippen molar-refractivity contribution in [3.63, 3.8) is 0 Å². The van der Waals surface area contributed by atoms with E-state index in [0.717, 1.165) is 12.1 Å². The first-order valence-corrected chi connectivity index (χ1v) is 5.34. The lowest BCUT2D eigenvalue weighted by molar-refractivity contribution is -0.137. The molecule has 0 heterocycles. The van der Waals surface area contributed by atoms with Crippen molar-refractivity contribution in [3.8, 4) is 0 Å². The molecule has 0 bridgehead atoms. The molecule has 5 heteroatoms. The van der Waals surface area contributed by atoms with Crippen LogP contribution in [0.1, 0.15) is 29.3 Å². The molecule has 82 valence electrons. The van der Waals surface area contributed by atoms with Gasteiger partial charge in [-0.1, -0.05) is 6.92 Å². The molecule has 1 aromatic rings. The highest BCUT2D eigenvalue weighted by Crippen LogP contribution is 2.31. The van der Waals surface area contributed by atoms with Gasteiger partial charge in [-0.2, -0.15) is 13.2 Å².